The molecule has 110 valence electrons. The molecule has 0 saturated heterocycles. The molecule has 0 fully saturated rings. The zero-order valence-electron chi connectivity index (χ0n) is 11.7. The van der Waals surface area contributed by atoms with Crippen LogP contribution in [0, 0.1) is 10.1 Å². The number of benzene rings is 1. The zero-order chi connectivity index (χ0) is 14.7. The number of nitro groups is 1. The van der Waals surface area contributed by atoms with Crippen LogP contribution in [0.25, 0.3) is 0 Å². The lowest BCUT2D eigenvalue weighted by Gasteiger charge is -2.22. The quantitative estimate of drug-likeness (QED) is 0.675. The molecule has 1 aliphatic carbocycles. The van der Waals surface area contributed by atoms with E-state index in [-0.39, 0.29) is 10.6 Å². The molecule has 0 aliphatic heterocycles. The van der Waals surface area contributed by atoms with Crippen LogP contribution in [0.1, 0.15) is 35.8 Å². The van der Waals surface area contributed by atoms with E-state index in [1.165, 1.54) is 5.56 Å². The molecule has 1 unspecified atom stereocenters. The third-order valence-corrected chi connectivity index (χ3v) is 4.00. The summed E-state index contributed by atoms with van der Waals surface area (Å²) < 4.78 is 5.48. The Balaban J connectivity index is 1.54. The summed E-state index contributed by atoms with van der Waals surface area (Å²) in [7, 11) is 0. The second-order valence-corrected chi connectivity index (χ2v) is 5.37. The first kappa shape index (κ1) is 13.8. The minimum atomic E-state index is -0.371. The molecule has 1 aliphatic rings. The van der Waals surface area contributed by atoms with Gasteiger partial charge in [-0.25, -0.2) is 0 Å². The van der Waals surface area contributed by atoms with Crippen LogP contribution >= 0.6 is 0 Å². The molecular weight excluding hydrogens is 268 g/mol. The lowest BCUT2D eigenvalue weighted by atomic mass is 9.93. The highest BCUT2D eigenvalue weighted by molar-refractivity contribution is 5.33. The molecule has 0 bridgehead atoms. The topological polar surface area (TPSA) is 68.3 Å². The van der Waals surface area contributed by atoms with Crippen molar-refractivity contribution < 1.29 is 9.34 Å². The molecule has 0 saturated carbocycles. The van der Waals surface area contributed by atoms with Crippen LogP contribution in [-0.2, 0) is 12.8 Å². The molecule has 5 nitrogen and oxygen atoms in total. The molecule has 1 aromatic carbocycles. The van der Waals surface area contributed by atoms with Gasteiger partial charge in [-0.2, -0.15) is 0 Å². The maximum atomic E-state index is 10.6. The van der Waals surface area contributed by atoms with Gasteiger partial charge in [0.2, 0.25) is 0 Å². The van der Waals surface area contributed by atoms with Crippen LogP contribution in [0.3, 0.4) is 0 Å². The molecular formula is C16H18N2O3. The van der Waals surface area contributed by atoms with Crippen LogP contribution in [0.15, 0.2) is 41.0 Å². The fourth-order valence-electron chi connectivity index (χ4n) is 2.87. The van der Waals surface area contributed by atoms with Crippen LogP contribution < -0.4 is 5.32 Å². The second kappa shape index (κ2) is 6.10. The van der Waals surface area contributed by atoms with E-state index in [4.69, 9.17) is 4.42 Å². The predicted octanol–water partition coefficient (Wildman–Crippen LogP) is 3.40. The van der Waals surface area contributed by atoms with Gasteiger partial charge in [-0.05, 0) is 37.4 Å². The minimum absolute atomic E-state index is 0.141. The van der Waals surface area contributed by atoms with Crippen LogP contribution in [0.4, 0.5) is 5.69 Å². The van der Waals surface area contributed by atoms with Gasteiger partial charge in [-0.1, -0.05) is 12.1 Å². The number of nitrogens with one attached hydrogen (secondary N) is 1. The second-order valence-electron chi connectivity index (χ2n) is 5.37. The Kier molecular flexibility index (Phi) is 4.01. The van der Waals surface area contributed by atoms with Gasteiger partial charge in [-0.15, -0.1) is 0 Å². The number of nitro benzene ring substituents is 1. The highest BCUT2D eigenvalue weighted by atomic mass is 16.6. The van der Waals surface area contributed by atoms with Crippen molar-refractivity contribution in [2.45, 2.75) is 31.7 Å². The molecule has 0 spiro atoms. The van der Waals surface area contributed by atoms with Gasteiger partial charge < -0.3 is 9.73 Å². The molecule has 5 heteroatoms. The molecule has 3 rings (SSSR count). The molecule has 0 radical (unpaired) electrons. The summed E-state index contributed by atoms with van der Waals surface area (Å²) in [6.07, 6.45) is 5.94. The van der Waals surface area contributed by atoms with Crippen molar-refractivity contribution in [3.05, 3.63) is 63.6 Å². The van der Waals surface area contributed by atoms with Crippen LogP contribution in [0.5, 0.6) is 0 Å². The van der Waals surface area contributed by atoms with Crippen molar-refractivity contribution in [1.82, 2.24) is 5.32 Å². The zero-order valence-corrected chi connectivity index (χ0v) is 11.7. The molecule has 21 heavy (non-hydrogen) atoms. The first-order valence-corrected chi connectivity index (χ1v) is 7.27. The van der Waals surface area contributed by atoms with E-state index in [1.807, 2.05) is 12.1 Å². The fraction of sp³-hybridized carbons (Fsp3) is 0.375. The van der Waals surface area contributed by atoms with E-state index in [9.17, 15) is 10.1 Å². The smallest absolute Gasteiger partial charge is 0.269 e. The summed E-state index contributed by atoms with van der Waals surface area (Å²) in [5.41, 5.74) is 2.53. The summed E-state index contributed by atoms with van der Waals surface area (Å²) in [5.74, 6) is 1.11. The van der Waals surface area contributed by atoms with Crippen molar-refractivity contribution in [2.75, 3.05) is 6.54 Å². The normalized spacial score (nSPS) is 17.4. The van der Waals surface area contributed by atoms with Gasteiger partial charge in [0, 0.05) is 30.2 Å². The molecule has 1 heterocycles. The number of furan rings is 1. The lowest BCUT2D eigenvalue weighted by Crippen LogP contribution is -2.26. The Bertz CT molecular complexity index is 619. The monoisotopic (exact) mass is 286 g/mol. The lowest BCUT2D eigenvalue weighted by molar-refractivity contribution is -0.384. The van der Waals surface area contributed by atoms with Crippen LogP contribution in [-0.4, -0.2) is 11.5 Å². The van der Waals surface area contributed by atoms with E-state index in [0.717, 1.165) is 43.6 Å². The number of rotatable bonds is 5. The highest BCUT2D eigenvalue weighted by Gasteiger charge is 2.21. The fourth-order valence-corrected chi connectivity index (χ4v) is 2.87. The summed E-state index contributed by atoms with van der Waals surface area (Å²) in [5, 5.41) is 14.2. The van der Waals surface area contributed by atoms with Crippen molar-refractivity contribution in [3.8, 4) is 0 Å². The first-order valence-electron chi connectivity index (χ1n) is 7.27. The van der Waals surface area contributed by atoms with Crippen molar-refractivity contribution >= 4 is 5.69 Å². The number of non-ortho nitro benzene ring substituents is 1. The maximum absolute atomic E-state index is 10.6. The standard InChI is InChI=1S/C16H18N2O3/c19-18(20)13-6-4-12(5-7-13)8-10-17-15-2-1-3-16-14(15)9-11-21-16/h4-7,9,11,15,17H,1-3,8,10H2. The Morgan fingerprint density at radius 2 is 2.10 bits per heavy atom. The number of hydrogen-bond donors (Lipinski definition) is 1. The van der Waals surface area contributed by atoms with Gasteiger partial charge in [0.15, 0.2) is 0 Å². The van der Waals surface area contributed by atoms with E-state index in [1.54, 1.807) is 18.4 Å². The molecule has 1 N–H and O–H groups in total. The average Bonchev–Trinajstić information content (AvgIpc) is 2.97. The average molecular weight is 286 g/mol. The van der Waals surface area contributed by atoms with Crippen molar-refractivity contribution in [1.29, 1.82) is 0 Å². The number of hydrogen-bond acceptors (Lipinski definition) is 4. The van der Waals surface area contributed by atoms with Crippen molar-refractivity contribution in [3.63, 3.8) is 0 Å². The maximum Gasteiger partial charge on any atom is 0.269 e. The van der Waals surface area contributed by atoms with Gasteiger partial charge >= 0.3 is 0 Å². The summed E-state index contributed by atoms with van der Waals surface area (Å²) >= 11 is 0. The van der Waals surface area contributed by atoms with E-state index in [0.29, 0.717) is 6.04 Å². The summed E-state index contributed by atoms with van der Waals surface area (Å²) in [6, 6.07) is 9.19. The SMILES string of the molecule is O=[N+]([O-])c1ccc(CCNC2CCCc3occc32)cc1. The first-order chi connectivity index (χ1) is 10.2. The minimum Gasteiger partial charge on any atom is -0.469 e. The Hall–Kier alpha value is -2.14. The molecule has 2 aromatic rings. The summed E-state index contributed by atoms with van der Waals surface area (Å²) in [6.45, 7) is 0.854. The van der Waals surface area contributed by atoms with E-state index in [2.05, 4.69) is 11.4 Å². The largest absolute Gasteiger partial charge is 0.469 e. The predicted molar refractivity (Wildman–Crippen MR) is 79.2 cm³/mol. The molecule has 1 aromatic heterocycles. The molecule has 1 atom stereocenters. The third-order valence-electron chi connectivity index (χ3n) is 4.00. The van der Waals surface area contributed by atoms with Crippen molar-refractivity contribution in [2.24, 2.45) is 0 Å². The van der Waals surface area contributed by atoms with E-state index >= 15 is 0 Å². The van der Waals surface area contributed by atoms with E-state index < -0.39 is 0 Å². The van der Waals surface area contributed by atoms with Gasteiger partial charge in [-0.3, -0.25) is 10.1 Å². The molecule has 0 amide bonds. The third kappa shape index (κ3) is 3.13. The number of aryl methyl sites for hydroxylation is 1. The van der Waals surface area contributed by atoms with Gasteiger partial charge in [0.1, 0.15) is 5.76 Å². The highest BCUT2D eigenvalue weighted by Crippen LogP contribution is 2.30. The Morgan fingerprint density at radius 1 is 1.29 bits per heavy atom. The number of fused-ring (bicyclic) bond motifs is 1. The van der Waals surface area contributed by atoms with Gasteiger partial charge in [0.05, 0.1) is 11.2 Å². The Morgan fingerprint density at radius 3 is 2.86 bits per heavy atom. The van der Waals surface area contributed by atoms with Gasteiger partial charge in [0.25, 0.3) is 5.69 Å². The van der Waals surface area contributed by atoms with Crippen LogP contribution in [0.2, 0.25) is 0 Å². The summed E-state index contributed by atoms with van der Waals surface area (Å²) in [4.78, 5) is 10.2. The Labute approximate surface area is 123 Å². The number of nitrogens with zero attached hydrogens (tertiary/aromatic N) is 1.